The van der Waals surface area contributed by atoms with Crippen molar-refractivity contribution in [3.63, 3.8) is 0 Å². The Bertz CT molecular complexity index is 1790. The van der Waals surface area contributed by atoms with Gasteiger partial charge in [-0.05, 0) is 29.7 Å². The number of halogens is 3. The number of hydrogen-bond acceptors (Lipinski definition) is 10. The summed E-state index contributed by atoms with van der Waals surface area (Å²) in [6.45, 7) is 2.35. The molecule has 4 heterocycles. The molecule has 17 heteroatoms. The van der Waals surface area contributed by atoms with Crippen LogP contribution in [0.4, 0.5) is 18.0 Å². The first-order chi connectivity index (χ1) is 21.7. The molecule has 0 aliphatic carbocycles. The zero-order valence-electron chi connectivity index (χ0n) is 24.1. The number of Topliss-reactive ketones (excluding diaryl/α,β-unsaturated/α-hetero) is 1. The summed E-state index contributed by atoms with van der Waals surface area (Å²) in [6, 6.07) is 7.15. The van der Waals surface area contributed by atoms with Gasteiger partial charge in [0.1, 0.15) is 6.54 Å². The van der Waals surface area contributed by atoms with E-state index in [4.69, 9.17) is 4.52 Å². The normalized spacial score (nSPS) is 17.3. The molecule has 0 spiro atoms. The van der Waals surface area contributed by atoms with Crippen LogP contribution in [0.25, 0.3) is 0 Å². The van der Waals surface area contributed by atoms with Gasteiger partial charge in [0, 0.05) is 30.1 Å². The summed E-state index contributed by atoms with van der Waals surface area (Å²) in [6.07, 6.45) is -2.10. The highest BCUT2D eigenvalue weighted by molar-refractivity contribution is 6.10. The summed E-state index contributed by atoms with van der Waals surface area (Å²) in [4.78, 5) is 61.8. The molecular formula is C29H26F3N7O7. The number of benzene rings is 1. The topological polar surface area (TPSA) is 193 Å². The Morgan fingerprint density at radius 3 is 2.37 bits per heavy atom. The molecule has 5 rings (SSSR count). The van der Waals surface area contributed by atoms with E-state index in [-0.39, 0.29) is 23.4 Å². The van der Waals surface area contributed by atoms with Crippen LogP contribution in [0.15, 0.2) is 65.4 Å². The molecule has 1 saturated heterocycles. The molecule has 2 atom stereocenters. The van der Waals surface area contributed by atoms with Gasteiger partial charge in [0.2, 0.25) is 29.1 Å². The van der Waals surface area contributed by atoms with Crippen molar-refractivity contribution in [2.24, 2.45) is 5.92 Å². The van der Waals surface area contributed by atoms with Crippen LogP contribution in [0, 0.1) is 5.92 Å². The molecule has 0 saturated carbocycles. The van der Waals surface area contributed by atoms with Crippen molar-refractivity contribution >= 4 is 23.6 Å². The molecule has 4 aromatic rings. The Balaban J connectivity index is 1.32. The number of hydrogen-bond donors (Lipinski definition) is 4. The van der Waals surface area contributed by atoms with E-state index in [0.717, 1.165) is 28.8 Å². The SMILES string of the molecule is CC(C)[C@H](NC(=O)CN1C(=O)NC(c2ccncc2)(n2c(O)ccc2O)C1=O)C(=O)c1noc(Cc2cccc(C(F)(F)F)c2)n1. The second-order valence-electron chi connectivity index (χ2n) is 10.7. The third-order valence-electron chi connectivity index (χ3n) is 7.23. The number of alkyl halides is 3. The smallest absolute Gasteiger partial charge is 0.416 e. The largest absolute Gasteiger partial charge is 0.494 e. The lowest BCUT2D eigenvalue weighted by Gasteiger charge is -2.30. The standard InChI is InChI=1S/C29H26F3N7O7/c1-15(2)23(24(43)25-35-20(46-37-25)13-16-4-3-5-18(12-16)29(30,31)32)34-19(40)14-38-26(44)28(36-27(38)45,17-8-10-33-11-9-17)39-21(41)6-7-22(39)42/h3-12,15,23,41-42H,13-14H2,1-2H3,(H,34,40)(H,36,45)/t23-,28?/m0/s1. The number of carbonyl (C=O) groups is 4. The molecule has 4 amide bonds. The number of urea groups is 1. The van der Waals surface area contributed by atoms with E-state index >= 15 is 0 Å². The molecule has 4 N–H and O–H groups in total. The summed E-state index contributed by atoms with van der Waals surface area (Å²) >= 11 is 0. The molecule has 1 unspecified atom stereocenters. The first kappa shape index (κ1) is 31.7. The number of amides is 4. The third kappa shape index (κ3) is 5.85. The quantitative estimate of drug-likeness (QED) is 0.148. The van der Waals surface area contributed by atoms with Crippen LogP contribution >= 0.6 is 0 Å². The molecule has 240 valence electrons. The minimum Gasteiger partial charge on any atom is -0.494 e. The summed E-state index contributed by atoms with van der Waals surface area (Å²) in [5.74, 6) is -4.98. The minimum absolute atomic E-state index is 0.110. The van der Waals surface area contributed by atoms with E-state index in [2.05, 4.69) is 25.8 Å². The van der Waals surface area contributed by atoms with Crippen molar-refractivity contribution in [1.29, 1.82) is 0 Å². The number of carbonyl (C=O) groups excluding carboxylic acids is 4. The minimum atomic E-state index is -4.55. The predicted octanol–water partition coefficient (Wildman–Crippen LogP) is 2.56. The van der Waals surface area contributed by atoms with Gasteiger partial charge in [0.25, 0.3) is 5.91 Å². The molecule has 3 aromatic heterocycles. The van der Waals surface area contributed by atoms with Crippen LogP contribution in [-0.2, 0) is 27.8 Å². The lowest BCUT2D eigenvalue weighted by atomic mass is 9.99. The van der Waals surface area contributed by atoms with Gasteiger partial charge in [0.15, 0.2) is 11.8 Å². The monoisotopic (exact) mass is 641 g/mol. The molecule has 1 aromatic carbocycles. The maximum Gasteiger partial charge on any atom is 0.416 e. The van der Waals surface area contributed by atoms with Crippen LogP contribution in [0.2, 0.25) is 0 Å². The molecule has 14 nitrogen and oxygen atoms in total. The second kappa shape index (κ2) is 12.0. The number of ketones is 1. The molecule has 0 radical (unpaired) electrons. The van der Waals surface area contributed by atoms with Gasteiger partial charge in [-0.2, -0.15) is 18.2 Å². The Kier molecular flexibility index (Phi) is 8.25. The number of aromatic hydroxyl groups is 2. The fraction of sp³-hybridized carbons (Fsp3) is 0.276. The van der Waals surface area contributed by atoms with E-state index in [1.807, 2.05) is 0 Å². The van der Waals surface area contributed by atoms with Gasteiger partial charge >= 0.3 is 12.2 Å². The number of nitrogens with zero attached hydrogens (tertiary/aromatic N) is 5. The zero-order chi connectivity index (χ0) is 33.4. The highest BCUT2D eigenvalue weighted by Gasteiger charge is 2.56. The van der Waals surface area contributed by atoms with Gasteiger partial charge in [-0.15, -0.1) is 0 Å². The van der Waals surface area contributed by atoms with Crippen LogP contribution in [0.1, 0.15) is 47.0 Å². The molecule has 46 heavy (non-hydrogen) atoms. The first-order valence-electron chi connectivity index (χ1n) is 13.7. The molecule has 0 bridgehead atoms. The Labute approximate surface area is 257 Å². The Morgan fingerprint density at radius 1 is 1.07 bits per heavy atom. The fourth-order valence-corrected chi connectivity index (χ4v) is 5.03. The van der Waals surface area contributed by atoms with Gasteiger partial charge in [-0.3, -0.25) is 24.3 Å². The van der Waals surface area contributed by atoms with Crippen LogP contribution in [0.3, 0.4) is 0 Å². The van der Waals surface area contributed by atoms with Gasteiger partial charge in [0.05, 0.1) is 18.0 Å². The Morgan fingerprint density at radius 2 is 1.74 bits per heavy atom. The number of rotatable bonds is 10. The van der Waals surface area contributed by atoms with E-state index in [1.165, 1.54) is 36.7 Å². The van der Waals surface area contributed by atoms with Crippen LogP contribution in [-0.4, -0.2) is 71.0 Å². The maximum absolute atomic E-state index is 13.8. The van der Waals surface area contributed by atoms with Crippen molar-refractivity contribution in [3.05, 3.63) is 89.3 Å². The molecule has 1 aliphatic heterocycles. The first-order valence-corrected chi connectivity index (χ1v) is 13.7. The number of nitrogens with one attached hydrogen (secondary N) is 2. The van der Waals surface area contributed by atoms with Crippen molar-refractivity contribution in [1.82, 2.24) is 35.2 Å². The summed E-state index contributed by atoms with van der Waals surface area (Å²) in [5, 5.41) is 29.4. The van der Waals surface area contributed by atoms with Crippen LogP contribution in [0.5, 0.6) is 11.8 Å². The third-order valence-corrected chi connectivity index (χ3v) is 7.23. The van der Waals surface area contributed by atoms with E-state index in [0.29, 0.717) is 4.90 Å². The van der Waals surface area contributed by atoms with Crippen molar-refractivity contribution in [2.45, 2.75) is 38.1 Å². The summed E-state index contributed by atoms with van der Waals surface area (Å²) in [5.41, 5.74) is -2.72. The lowest BCUT2D eigenvalue weighted by molar-refractivity contribution is -0.137. The molecular weight excluding hydrogens is 615 g/mol. The fourth-order valence-electron chi connectivity index (χ4n) is 5.03. The predicted molar refractivity (Wildman–Crippen MR) is 149 cm³/mol. The molecule has 1 aliphatic rings. The maximum atomic E-state index is 13.8. The number of pyridine rings is 1. The zero-order valence-corrected chi connectivity index (χ0v) is 24.1. The summed E-state index contributed by atoms with van der Waals surface area (Å²) < 4.78 is 45.1. The number of aromatic nitrogens is 4. The van der Waals surface area contributed by atoms with Crippen LogP contribution < -0.4 is 10.6 Å². The number of imide groups is 1. The second-order valence-corrected chi connectivity index (χ2v) is 10.7. The highest BCUT2D eigenvalue weighted by atomic mass is 19.4. The van der Waals surface area contributed by atoms with E-state index in [1.54, 1.807) is 13.8 Å². The average Bonchev–Trinajstić information content (AvgIpc) is 3.68. The van der Waals surface area contributed by atoms with Gasteiger partial charge < -0.3 is 25.4 Å². The van der Waals surface area contributed by atoms with E-state index < -0.39 is 77.1 Å². The van der Waals surface area contributed by atoms with Crippen molar-refractivity contribution in [3.8, 4) is 11.8 Å². The lowest BCUT2D eigenvalue weighted by Crippen LogP contribution is -2.51. The Hall–Kier alpha value is -5.74. The highest BCUT2D eigenvalue weighted by Crippen LogP contribution is 2.38. The molecule has 1 fully saturated rings. The van der Waals surface area contributed by atoms with Gasteiger partial charge in [-0.1, -0.05) is 37.2 Å². The van der Waals surface area contributed by atoms with Crippen molar-refractivity contribution < 1.29 is 47.1 Å². The van der Waals surface area contributed by atoms with Gasteiger partial charge in [-0.25, -0.2) is 9.36 Å². The average molecular weight is 642 g/mol. The van der Waals surface area contributed by atoms with Crippen molar-refractivity contribution in [2.75, 3.05) is 6.54 Å². The van der Waals surface area contributed by atoms with E-state index in [9.17, 15) is 42.6 Å². The summed E-state index contributed by atoms with van der Waals surface area (Å²) in [7, 11) is 0.